The minimum Gasteiger partial charge on any atom is -0.493 e. The molecule has 0 unspecified atom stereocenters. The molecule has 0 bridgehead atoms. The van der Waals surface area contributed by atoms with Gasteiger partial charge in [-0.1, -0.05) is 13.0 Å². The van der Waals surface area contributed by atoms with E-state index in [1.807, 2.05) is 6.92 Å². The van der Waals surface area contributed by atoms with Gasteiger partial charge in [-0.15, -0.1) is 12.4 Å². The first-order valence-electron chi connectivity index (χ1n) is 8.25. The molecular formula is C19H23ClF2N2O3. The Hall–Kier alpha value is -2.54. The summed E-state index contributed by atoms with van der Waals surface area (Å²) >= 11 is 0. The fourth-order valence-corrected chi connectivity index (χ4v) is 2.35. The number of anilines is 1. The molecule has 0 saturated heterocycles. The zero-order valence-electron chi connectivity index (χ0n) is 15.1. The Bertz CT molecular complexity index is 773. The summed E-state index contributed by atoms with van der Waals surface area (Å²) in [4.78, 5) is 12.4. The lowest BCUT2D eigenvalue weighted by Crippen LogP contribution is -2.24. The minimum absolute atomic E-state index is 0. The third-order valence-electron chi connectivity index (χ3n) is 3.67. The lowest BCUT2D eigenvalue weighted by Gasteiger charge is -2.14. The quantitative estimate of drug-likeness (QED) is 0.647. The Labute approximate surface area is 163 Å². The standard InChI is InChI=1S/C19H22F2N2O3.ClH/c1-3-8-25-15-7-5-13(17(10-15)26-19(20)21)11-23-18(24)16-9-14(22)6-4-12(16)2;/h4-7,9-10,19H,3,8,11,22H2,1-2H3,(H,23,24);1H. The maximum Gasteiger partial charge on any atom is 0.387 e. The first kappa shape index (κ1) is 22.5. The van der Waals surface area contributed by atoms with Crippen molar-refractivity contribution in [1.82, 2.24) is 5.32 Å². The number of hydrogen-bond acceptors (Lipinski definition) is 4. The lowest BCUT2D eigenvalue weighted by molar-refractivity contribution is -0.0505. The average molecular weight is 401 g/mol. The molecule has 0 aromatic heterocycles. The molecule has 0 fully saturated rings. The number of amides is 1. The highest BCUT2D eigenvalue weighted by atomic mass is 35.5. The van der Waals surface area contributed by atoms with Crippen molar-refractivity contribution in [3.8, 4) is 11.5 Å². The molecule has 0 aliphatic rings. The van der Waals surface area contributed by atoms with Gasteiger partial charge in [-0.05, 0) is 43.2 Å². The second-order valence-electron chi connectivity index (χ2n) is 5.75. The Balaban J connectivity index is 0.00000364. The Kier molecular flexibility index (Phi) is 8.81. The van der Waals surface area contributed by atoms with Gasteiger partial charge in [0.05, 0.1) is 6.61 Å². The van der Waals surface area contributed by atoms with Gasteiger partial charge >= 0.3 is 6.61 Å². The molecule has 2 aromatic carbocycles. The van der Waals surface area contributed by atoms with Gasteiger partial charge in [0.1, 0.15) is 11.5 Å². The zero-order valence-corrected chi connectivity index (χ0v) is 15.9. The van der Waals surface area contributed by atoms with Gasteiger partial charge in [-0.3, -0.25) is 4.79 Å². The molecule has 0 saturated carbocycles. The van der Waals surface area contributed by atoms with Crippen molar-refractivity contribution >= 4 is 24.0 Å². The van der Waals surface area contributed by atoms with E-state index in [4.69, 9.17) is 10.5 Å². The number of carbonyl (C=O) groups is 1. The van der Waals surface area contributed by atoms with Crippen LogP contribution in [0.1, 0.15) is 34.8 Å². The number of aryl methyl sites for hydroxylation is 1. The summed E-state index contributed by atoms with van der Waals surface area (Å²) in [5, 5.41) is 2.70. The number of rotatable bonds is 8. The van der Waals surface area contributed by atoms with Crippen LogP contribution in [0.5, 0.6) is 11.5 Å². The van der Waals surface area contributed by atoms with E-state index in [-0.39, 0.29) is 30.6 Å². The molecule has 1 amide bonds. The summed E-state index contributed by atoms with van der Waals surface area (Å²) in [7, 11) is 0. The van der Waals surface area contributed by atoms with Crippen LogP contribution in [0, 0.1) is 6.92 Å². The van der Waals surface area contributed by atoms with E-state index in [9.17, 15) is 13.6 Å². The molecule has 8 heteroatoms. The fraction of sp³-hybridized carbons (Fsp3) is 0.316. The van der Waals surface area contributed by atoms with Gasteiger partial charge in [0, 0.05) is 29.4 Å². The molecule has 2 aromatic rings. The van der Waals surface area contributed by atoms with Gasteiger partial charge < -0.3 is 20.5 Å². The van der Waals surface area contributed by atoms with Crippen LogP contribution in [-0.2, 0) is 6.54 Å². The third-order valence-corrected chi connectivity index (χ3v) is 3.67. The molecule has 27 heavy (non-hydrogen) atoms. The predicted octanol–water partition coefficient (Wildman–Crippen LogP) is 4.32. The predicted molar refractivity (Wildman–Crippen MR) is 103 cm³/mol. The smallest absolute Gasteiger partial charge is 0.387 e. The minimum atomic E-state index is -2.97. The number of nitrogen functional groups attached to an aromatic ring is 1. The highest BCUT2D eigenvalue weighted by molar-refractivity contribution is 5.96. The van der Waals surface area contributed by atoms with E-state index in [0.29, 0.717) is 29.2 Å². The number of ether oxygens (including phenoxy) is 2. The number of alkyl halides is 2. The Morgan fingerprint density at radius 2 is 1.96 bits per heavy atom. The summed E-state index contributed by atoms with van der Waals surface area (Å²) in [5.74, 6) is 0.0616. The average Bonchev–Trinajstić information content (AvgIpc) is 2.60. The number of hydrogen-bond donors (Lipinski definition) is 2. The highest BCUT2D eigenvalue weighted by Crippen LogP contribution is 2.27. The van der Waals surface area contributed by atoms with Crippen LogP contribution in [0.15, 0.2) is 36.4 Å². The van der Waals surface area contributed by atoms with Crippen LogP contribution >= 0.6 is 12.4 Å². The van der Waals surface area contributed by atoms with Gasteiger partial charge in [-0.25, -0.2) is 0 Å². The second-order valence-corrected chi connectivity index (χ2v) is 5.75. The van der Waals surface area contributed by atoms with E-state index >= 15 is 0 Å². The molecular weight excluding hydrogens is 378 g/mol. The molecule has 0 radical (unpaired) electrons. The van der Waals surface area contributed by atoms with Crippen LogP contribution in [0.3, 0.4) is 0 Å². The van der Waals surface area contributed by atoms with Crippen LogP contribution < -0.4 is 20.5 Å². The molecule has 2 rings (SSSR count). The normalized spacial score (nSPS) is 10.3. The van der Waals surface area contributed by atoms with E-state index in [1.165, 1.54) is 6.07 Å². The van der Waals surface area contributed by atoms with Crippen LogP contribution in [0.25, 0.3) is 0 Å². The summed E-state index contributed by atoms with van der Waals surface area (Å²) in [6, 6.07) is 9.67. The van der Waals surface area contributed by atoms with Crippen molar-refractivity contribution in [2.24, 2.45) is 0 Å². The van der Waals surface area contributed by atoms with Gasteiger partial charge in [-0.2, -0.15) is 8.78 Å². The molecule has 0 aliphatic carbocycles. The van der Waals surface area contributed by atoms with Gasteiger partial charge in [0.15, 0.2) is 0 Å². The fourth-order valence-electron chi connectivity index (χ4n) is 2.35. The van der Waals surface area contributed by atoms with Crippen molar-refractivity contribution in [1.29, 1.82) is 0 Å². The van der Waals surface area contributed by atoms with Crippen molar-refractivity contribution < 1.29 is 23.0 Å². The van der Waals surface area contributed by atoms with Crippen molar-refractivity contribution in [2.45, 2.75) is 33.4 Å². The maximum absolute atomic E-state index is 12.7. The molecule has 148 valence electrons. The Morgan fingerprint density at radius 3 is 2.63 bits per heavy atom. The van der Waals surface area contributed by atoms with Crippen LogP contribution in [0.2, 0.25) is 0 Å². The lowest BCUT2D eigenvalue weighted by atomic mass is 10.1. The SMILES string of the molecule is CCCOc1ccc(CNC(=O)c2cc(N)ccc2C)c(OC(F)F)c1.Cl. The largest absolute Gasteiger partial charge is 0.493 e. The summed E-state index contributed by atoms with van der Waals surface area (Å²) < 4.78 is 35.4. The highest BCUT2D eigenvalue weighted by Gasteiger charge is 2.14. The molecule has 5 nitrogen and oxygen atoms in total. The number of halogens is 3. The van der Waals surface area contributed by atoms with Crippen molar-refractivity contribution in [3.05, 3.63) is 53.1 Å². The second kappa shape index (κ2) is 10.6. The molecule has 0 spiro atoms. The van der Waals surface area contributed by atoms with Crippen LogP contribution in [0.4, 0.5) is 14.5 Å². The molecule has 0 aliphatic heterocycles. The summed E-state index contributed by atoms with van der Waals surface area (Å²) in [5.41, 5.74) is 7.81. The monoisotopic (exact) mass is 400 g/mol. The first-order chi connectivity index (χ1) is 12.4. The van der Waals surface area contributed by atoms with E-state index in [1.54, 1.807) is 37.3 Å². The van der Waals surface area contributed by atoms with Gasteiger partial charge in [0.25, 0.3) is 5.91 Å². The van der Waals surface area contributed by atoms with Gasteiger partial charge in [0.2, 0.25) is 0 Å². The maximum atomic E-state index is 12.7. The third kappa shape index (κ3) is 6.60. The zero-order chi connectivity index (χ0) is 19.1. The number of nitrogens with one attached hydrogen (secondary N) is 1. The van der Waals surface area contributed by atoms with E-state index < -0.39 is 6.61 Å². The summed E-state index contributed by atoms with van der Waals surface area (Å²) in [6.45, 7) is 1.27. The molecule has 0 heterocycles. The Morgan fingerprint density at radius 1 is 1.22 bits per heavy atom. The number of carbonyl (C=O) groups excluding carboxylic acids is 1. The van der Waals surface area contributed by atoms with E-state index in [2.05, 4.69) is 10.1 Å². The molecule has 3 N–H and O–H groups in total. The number of benzene rings is 2. The summed E-state index contributed by atoms with van der Waals surface area (Å²) in [6.07, 6.45) is 0.794. The van der Waals surface area contributed by atoms with E-state index in [0.717, 1.165) is 12.0 Å². The molecule has 0 atom stereocenters. The van der Waals surface area contributed by atoms with Crippen LogP contribution in [-0.4, -0.2) is 19.1 Å². The van der Waals surface area contributed by atoms with Crippen molar-refractivity contribution in [3.63, 3.8) is 0 Å². The number of nitrogens with two attached hydrogens (primary N) is 1. The van der Waals surface area contributed by atoms with Crippen molar-refractivity contribution in [2.75, 3.05) is 12.3 Å². The topological polar surface area (TPSA) is 73.6 Å². The first-order valence-corrected chi connectivity index (χ1v) is 8.25.